The minimum absolute atomic E-state index is 0.228. The average Bonchev–Trinajstić information content (AvgIpc) is 2.47. The SMILES string of the molecule is N#Cc1nccc(N2CCc3ccccc3C2)n1. The van der Waals surface area contributed by atoms with Gasteiger partial charge in [0, 0.05) is 19.3 Å². The normalized spacial score (nSPS) is 13.8. The second kappa shape index (κ2) is 4.46. The summed E-state index contributed by atoms with van der Waals surface area (Å²) in [6.07, 6.45) is 2.66. The summed E-state index contributed by atoms with van der Waals surface area (Å²) in [5.74, 6) is 1.06. The van der Waals surface area contributed by atoms with Gasteiger partial charge in [0.2, 0.25) is 5.82 Å². The van der Waals surface area contributed by atoms with Gasteiger partial charge < -0.3 is 4.90 Å². The Morgan fingerprint density at radius 1 is 1.17 bits per heavy atom. The molecule has 0 unspecified atom stereocenters. The molecular formula is C14H12N4. The van der Waals surface area contributed by atoms with Gasteiger partial charge in [0.25, 0.3) is 0 Å². The van der Waals surface area contributed by atoms with E-state index >= 15 is 0 Å². The molecule has 0 spiro atoms. The molecule has 3 rings (SSSR count). The summed E-state index contributed by atoms with van der Waals surface area (Å²) in [5.41, 5.74) is 2.74. The largest absolute Gasteiger partial charge is 0.352 e. The molecule has 0 saturated heterocycles. The Hall–Kier alpha value is -2.41. The Morgan fingerprint density at radius 2 is 2.00 bits per heavy atom. The van der Waals surface area contributed by atoms with Crippen molar-refractivity contribution in [1.82, 2.24) is 9.97 Å². The van der Waals surface area contributed by atoms with Gasteiger partial charge in [-0.25, -0.2) is 9.97 Å². The minimum atomic E-state index is 0.228. The van der Waals surface area contributed by atoms with E-state index in [1.807, 2.05) is 12.1 Å². The quantitative estimate of drug-likeness (QED) is 0.759. The standard InChI is InChI=1S/C14H12N4/c15-9-13-16-7-5-14(17-13)18-8-6-11-3-1-2-4-12(11)10-18/h1-5,7H,6,8,10H2. The van der Waals surface area contributed by atoms with Gasteiger partial charge in [-0.2, -0.15) is 5.26 Å². The summed E-state index contributed by atoms with van der Waals surface area (Å²) in [4.78, 5) is 10.3. The average molecular weight is 236 g/mol. The molecule has 1 aromatic carbocycles. The predicted octanol–water partition coefficient (Wildman–Crippen LogP) is 1.91. The Kier molecular flexibility index (Phi) is 2.66. The summed E-state index contributed by atoms with van der Waals surface area (Å²) in [6.45, 7) is 1.77. The first-order chi connectivity index (χ1) is 8.86. The second-order valence-electron chi connectivity index (χ2n) is 4.29. The van der Waals surface area contributed by atoms with Crippen LogP contribution in [0.15, 0.2) is 36.5 Å². The van der Waals surface area contributed by atoms with E-state index in [0.717, 1.165) is 25.3 Å². The lowest BCUT2D eigenvalue weighted by atomic mass is 10.00. The van der Waals surface area contributed by atoms with Crippen LogP contribution in [0.5, 0.6) is 0 Å². The van der Waals surface area contributed by atoms with E-state index in [0.29, 0.717) is 0 Å². The third-order valence-electron chi connectivity index (χ3n) is 3.20. The van der Waals surface area contributed by atoms with Crippen molar-refractivity contribution in [3.63, 3.8) is 0 Å². The summed E-state index contributed by atoms with van der Waals surface area (Å²) in [6, 6.07) is 12.3. The Balaban J connectivity index is 1.90. The molecule has 4 heteroatoms. The molecule has 0 N–H and O–H groups in total. The van der Waals surface area contributed by atoms with Crippen LogP contribution in [0.2, 0.25) is 0 Å². The molecule has 1 aliphatic rings. The van der Waals surface area contributed by atoms with Crippen LogP contribution in [0.25, 0.3) is 0 Å². The van der Waals surface area contributed by atoms with Gasteiger partial charge in [-0.3, -0.25) is 0 Å². The van der Waals surface area contributed by atoms with Crippen molar-refractivity contribution < 1.29 is 0 Å². The first-order valence-electron chi connectivity index (χ1n) is 5.92. The zero-order chi connectivity index (χ0) is 12.4. The van der Waals surface area contributed by atoms with Gasteiger partial charge in [-0.1, -0.05) is 24.3 Å². The van der Waals surface area contributed by atoms with Crippen molar-refractivity contribution in [1.29, 1.82) is 5.26 Å². The molecule has 0 atom stereocenters. The number of hydrogen-bond acceptors (Lipinski definition) is 4. The molecule has 0 fully saturated rings. The maximum absolute atomic E-state index is 8.82. The highest BCUT2D eigenvalue weighted by molar-refractivity contribution is 5.44. The summed E-state index contributed by atoms with van der Waals surface area (Å²) < 4.78 is 0. The van der Waals surface area contributed by atoms with E-state index < -0.39 is 0 Å². The number of rotatable bonds is 1. The number of fused-ring (bicyclic) bond motifs is 1. The van der Waals surface area contributed by atoms with Gasteiger partial charge in [0.05, 0.1) is 0 Å². The number of nitriles is 1. The zero-order valence-electron chi connectivity index (χ0n) is 9.87. The topological polar surface area (TPSA) is 52.8 Å². The van der Waals surface area contributed by atoms with Crippen LogP contribution in [-0.2, 0) is 13.0 Å². The fourth-order valence-electron chi connectivity index (χ4n) is 2.27. The van der Waals surface area contributed by atoms with Crippen LogP contribution in [0.3, 0.4) is 0 Å². The van der Waals surface area contributed by atoms with Crippen molar-refractivity contribution in [2.45, 2.75) is 13.0 Å². The fraction of sp³-hybridized carbons (Fsp3) is 0.214. The van der Waals surface area contributed by atoms with Gasteiger partial charge in [0.1, 0.15) is 11.9 Å². The van der Waals surface area contributed by atoms with Gasteiger partial charge in [0.15, 0.2) is 0 Å². The molecule has 0 bridgehead atoms. The third kappa shape index (κ3) is 1.91. The monoisotopic (exact) mass is 236 g/mol. The lowest BCUT2D eigenvalue weighted by molar-refractivity contribution is 0.718. The first-order valence-corrected chi connectivity index (χ1v) is 5.92. The van der Waals surface area contributed by atoms with E-state index in [9.17, 15) is 0 Å². The van der Waals surface area contributed by atoms with Crippen LogP contribution in [0.4, 0.5) is 5.82 Å². The molecule has 2 aromatic rings. The molecule has 2 heterocycles. The summed E-state index contributed by atoms with van der Waals surface area (Å²) >= 11 is 0. The number of benzene rings is 1. The minimum Gasteiger partial charge on any atom is -0.352 e. The molecule has 1 aliphatic heterocycles. The maximum atomic E-state index is 8.82. The van der Waals surface area contributed by atoms with E-state index in [1.54, 1.807) is 6.20 Å². The van der Waals surface area contributed by atoms with E-state index in [-0.39, 0.29) is 5.82 Å². The molecule has 88 valence electrons. The maximum Gasteiger partial charge on any atom is 0.234 e. The highest BCUT2D eigenvalue weighted by atomic mass is 15.2. The van der Waals surface area contributed by atoms with E-state index in [1.165, 1.54) is 11.1 Å². The van der Waals surface area contributed by atoms with Gasteiger partial charge in [-0.15, -0.1) is 0 Å². The van der Waals surface area contributed by atoms with Crippen molar-refractivity contribution >= 4 is 5.82 Å². The van der Waals surface area contributed by atoms with Gasteiger partial charge >= 0.3 is 0 Å². The summed E-state index contributed by atoms with van der Waals surface area (Å²) in [5, 5.41) is 8.82. The second-order valence-corrected chi connectivity index (χ2v) is 4.29. The van der Waals surface area contributed by atoms with Crippen molar-refractivity contribution in [2.75, 3.05) is 11.4 Å². The van der Waals surface area contributed by atoms with Crippen LogP contribution in [0, 0.1) is 11.3 Å². The molecular weight excluding hydrogens is 224 g/mol. The lowest BCUT2D eigenvalue weighted by Gasteiger charge is -2.29. The van der Waals surface area contributed by atoms with Crippen molar-refractivity contribution in [3.8, 4) is 6.07 Å². The Bertz CT molecular complexity index is 615. The lowest BCUT2D eigenvalue weighted by Crippen LogP contribution is -2.31. The number of hydrogen-bond donors (Lipinski definition) is 0. The molecule has 1 aromatic heterocycles. The Labute approximate surface area is 106 Å². The van der Waals surface area contributed by atoms with Gasteiger partial charge in [-0.05, 0) is 23.6 Å². The molecule has 18 heavy (non-hydrogen) atoms. The molecule has 0 saturated carbocycles. The third-order valence-corrected chi connectivity index (χ3v) is 3.20. The first kappa shape index (κ1) is 10.7. The highest BCUT2D eigenvalue weighted by Crippen LogP contribution is 2.22. The smallest absolute Gasteiger partial charge is 0.234 e. The number of nitrogens with zero attached hydrogens (tertiary/aromatic N) is 4. The van der Waals surface area contributed by atoms with Crippen LogP contribution in [-0.4, -0.2) is 16.5 Å². The van der Waals surface area contributed by atoms with Crippen LogP contribution >= 0.6 is 0 Å². The Morgan fingerprint density at radius 3 is 2.83 bits per heavy atom. The van der Waals surface area contributed by atoms with Crippen molar-refractivity contribution in [3.05, 3.63) is 53.5 Å². The van der Waals surface area contributed by atoms with E-state index in [2.05, 4.69) is 39.1 Å². The van der Waals surface area contributed by atoms with Crippen LogP contribution in [0.1, 0.15) is 17.0 Å². The predicted molar refractivity (Wildman–Crippen MR) is 67.9 cm³/mol. The zero-order valence-corrected chi connectivity index (χ0v) is 9.87. The van der Waals surface area contributed by atoms with E-state index in [4.69, 9.17) is 5.26 Å². The number of aromatic nitrogens is 2. The highest BCUT2D eigenvalue weighted by Gasteiger charge is 2.17. The summed E-state index contributed by atoms with van der Waals surface area (Å²) in [7, 11) is 0. The van der Waals surface area contributed by atoms with Crippen molar-refractivity contribution in [2.24, 2.45) is 0 Å². The molecule has 0 radical (unpaired) electrons. The number of anilines is 1. The molecule has 0 amide bonds. The molecule has 0 aliphatic carbocycles. The van der Waals surface area contributed by atoms with Crippen LogP contribution < -0.4 is 4.90 Å². The fourth-order valence-corrected chi connectivity index (χ4v) is 2.27. The molecule has 4 nitrogen and oxygen atoms in total.